The number of H-pyrrole nitrogens is 1. The summed E-state index contributed by atoms with van der Waals surface area (Å²) in [7, 11) is 0. The van der Waals surface area contributed by atoms with Crippen LogP contribution >= 0.6 is 0 Å². The highest BCUT2D eigenvalue weighted by Gasteiger charge is 2.13. The number of aromatic nitrogens is 3. The van der Waals surface area contributed by atoms with Crippen molar-refractivity contribution < 1.29 is 0 Å². The van der Waals surface area contributed by atoms with Crippen LogP contribution in [0.5, 0.6) is 0 Å². The van der Waals surface area contributed by atoms with Crippen molar-refractivity contribution in [3.05, 3.63) is 48.3 Å². The molecule has 4 heteroatoms. The van der Waals surface area contributed by atoms with Crippen molar-refractivity contribution in [2.75, 3.05) is 0 Å². The average molecular weight is 220 g/mol. The summed E-state index contributed by atoms with van der Waals surface area (Å²) in [6.45, 7) is 0. The molecule has 0 saturated carbocycles. The third-order valence-corrected chi connectivity index (χ3v) is 2.58. The summed E-state index contributed by atoms with van der Waals surface area (Å²) in [6.07, 6.45) is 3.32. The second kappa shape index (κ2) is 3.72. The van der Waals surface area contributed by atoms with Gasteiger partial charge in [-0.2, -0.15) is 5.26 Å². The maximum atomic E-state index is 8.87. The first-order valence-corrected chi connectivity index (χ1v) is 5.18. The molecule has 0 radical (unpaired) electrons. The molecular formula is C13H8N4. The molecule has 0 fully saturated rings. The van der Waals surface area contributed by atoms with Gasteiger partial charge in [-0.15, -0.1) is 0 Å². The molecule has 1 aromatic rings. The zero-order valence-corrected chi connectivity index (χ0v) is 8.88. The molecular weight excluding hydrogens is 212 g/mol. The van der Waals surface area contributed by atoms with Crippen molar-refractivity contribution in [1.82, 2.24) is 15.0 Å². The highest BCUT2D eigenvalue weighted by molar-refractivity contribution is 5.67. The fourth-order valence-electron chi connectivity index (χ4n) is 1.73. The zero-order chi connectivity index (χ0) is 11.7. The van der Waals surface area contributed by atoms with Gasteiger partial charge in [0.1, 0.15) is 11.8 Å². The number of aromatic amines is 1. The smallest absolute Gasteiger partial charge is 0.178 e. The second-order valence-corrected chi connectivity index (χ2v) is 3.63. The predicted molar refractivity (Wildman–Crippen MR) is 63.2 cm³/mol. The number of hydrogen-bond acceptors (Lipinski definition) is 3. The number of nitriles is 1. The van der Waals surface area contributed by atoms with Crippen LogP contribution in [0.1, 0.15) is 5.56 Å². The summed E-state index contributed by atoms with van der Waals surface area (Å²) in [5, 5.41) is 8.87. The van der Waals surface area contributed by atoms with Gasteiger partial charge in [-0.3, -0.25) is 0 Å². The second-order valence-electron chi connectivity index (χ2n) is 3.63. The Morgan fingerprint density at radius 1 is 1.18 bits per heavy atom. The van der Waals surface area contributed by atoms with Gasteiger partial charge in [0, 0.05) is 18.0 Å². The van der Waals surface area contributed by atoms with Gasteiger partial charge in [0.2, 0.25) is 0 Å². The molecule has 0 atom stereocenters. The Morgan fingerprint density at radius 2 is 2.00 bits per heavy atom. The minimum absolute atomic E-state index is 0.520. The zero-order valence-electron chi connectivity index (χ0n) is 8.88. The molecule has 2 aliphatic rings. The van der Waals surface area contributed by atoms with Gasteiger partial charge in [-0.1, -0.05) is 30.3 Å². The number of benzene rings is 1. The maximum absolute atomic E-state index is 8.87. The topological polar surface area (TPSA) is 65.4 Å². The lowest BCUT2D eigenvalue weighted by molar-refractivity contribution is 1.16. The molecule has 17 heavy (non-hydrogen) atoms. The van der Waals surface area contributed by atoms with Crippen LogP contribution in [0.15, 0.2) is 42.7 Å². The standard InChI is InChI=1S/C13H8N4/c14-6-10-7-16-13-12(10)15-8-11(17-13)9-4-2-1-3-5-9/h1-5,7-8,15H. The maximum Gasteiger partial charge on any atom is 0.178 e. The molecule has 0 spiro atoms. The molecule has 0 aromatic heterocycles. The molecule has 2 aliphatic heterocycles. The van der Waals surface area contributed by atoms with Crippen LogP contribution in [-0.4, -0.2) is 15.0 Å². The van der Waals surface area contributed by atoms with Crippen molar-refractivity contribution >= 4 is 0 Å². The highest BCUT2D eigenvalue weighted by atomic mass is 14.9. The molecule has 80 valence electrons. The van der Waals surface area contributed by atoms with E-state index in [4.69, 9.17) is 5.26 Å². The van der Waals surface area contributed by atoms with Crippen LogP contribution in [0, 0.1) is 11.3 Å². The number of nitrogens with zero attached hydrogens (tertiary/aromatic N) is 3. The van der Waals surface area contributed by atoms with Gasteiger partial charge in [0.15, 0.2) is 5.82 Å². The summed E-state index contributed by atoms with van der Waals surface area (Å²) in [5.74, 6) is 0.572. The van der Waals surface area contributed by atoms with E-state index in [9.17, 15) is 0 Å². The Balaban J connectivity index is 2.16. The Morgan fingerprint density at radius 3 is 2.76 bits per heavy atom. The Hall–Kier alpha value is -2.67. The van der Waals surface area contributed by atoms with E-state index < -0.39 is 0 Å². The molecule has 0 bridgehead atoms. The SMILES string of the molecule is N#Cc1cnc2nc(-c3ccccc3)c[nH]c1-2. The molecule has 0 unspecified atom stereocenters. The first-order valence-electron chi connectivity index (χ1n) is 5.18. The number of hydrogen-bond donors (Lipinski definition) is 1. The van der Waals surface area contributed by atoms with Gasteiger partial charge in [0.05, 0.1) is 11.3 Å². The van der Waals surface area contributed by atoms with E-state index in [1.807, 2.05) is 30.3 Å². The third-order valence-electron chi connectivity index (χ3n) is 2.58. The normalized spacial score (nSPS) is 10.3. The van der Waals surface area contributed by atoms with Crippen LogP contribution in [0.25, 0.3) is 22.8 Å². The van der Waals surface area contributed by atoms with Crippen molar-refractivity contribution in [3.63, 3.8) is 0 Å². The van der Waals surface area contributed by atoms with Gasteiger partial charge in [-0.25, -0.2) is 9.97 Å². The molecule has 1 N–H and O–H groups in total. The van der Waals surface area contributed by atoms with Crippen molar-refractivity contribution in [3.8, 4) is 28.8 Å². The average Bonchev–Trinajstić information content (AvgIpc) is 2.81. The van der Waals surface area contributed by atoms with Gasteiger partial charge < -0.3 is 4.98 Å². The van der Waals surface area contributed by atoms with Crippen molar-refractivity contribution in [2.24, 2.45) is 0 Å². The van der Waals surface area contributed by atoms with E-state index in [1.54, 1.807) is 6.20 Å². The Kier molecular flexibility index (Phi) is 2.09. The lowest BCUT2D eigenvalue weighted by Gasteiger charge is -2.03. The van der Waals surface area contributed by atoms with Crippen LogP contribution in [0.2, 0.25) is 0 Å². The lowest BCUT2D eigenvalue weighted by atomic mass is 10.1. The summed E-state index contributed by atoms with van der Waals surface area (Å²) < 4.78 is 0. The van der Waals surface area contributed by atoms with Crippen LogP contribution in [0.4, 0.5) is 0 Å². The quantitative estimate of drug-likeness (QED) is 0.685. The first-order chi connectivity index (χ1) is 8.38. The van der Waals surface area contributed by atoms with E-state index in [0.29, 0.717) is 17.1 Å². The predicted octanol–water partition coefficient (Wildman–Crippen LogP) is 2.45. The largest absolute Gasteiger partial charge is 0.356 e. The van der Waals surface area contributed by atoms with Gasteiger partial charge >= 0.3 is 0 Å². The summed E-state index contributed by atoms with van der Waals surface area (Å²) in [5.41, 5.74) is 3.05. The Bertz CT molecular complexity index is 664. The monoisotopic (exact) mass is 220 g/mol. The molecule has 0 amide bonds. The lowest BCUT2D eigenvalue weighted by Crippen LogP contribution is -1.92. The van der Waals surface area contributed by atoms with Crippen molar-refractivity contribution in [1.29, 1.82) is 5.26 Å². The molecule has 2 heterocycles. The summed E-state index contributed by atoms with van der Waals surface area (Å²) in [4.78, 5) is 11.6. The molecule has 0 aliphatic carbocycles. The van der Waals surface area contributed by atoms with Gasteiger partial charge in [-0.05, 0) is 0 Å². The number of fused-ring (bicyclic) bond motifs is 1. The fourth-order valence-corrected chi connectivity index (χ4v) is 1.73. The first kappa shape index (κ1) is 9.55. The summed E-state index contributed by atoms with van der Waals surface area (Å²) >= 11 is 0. The minimum atomic E-state index is 0.520. The molecule has 4 nitrogen and oxygen atoms in total. The van der Waals surface area contributed by atoms with E-state index in [-0.39, 0.29) is 0 Å². The molecule has 0 saturated heterocycles. The fraction of sp³-hybridized carbons (Fsp3) is 0. The van der Waals surface area contributed by atoms with E-state index in [1.165, 1.54) is 6.20 Å². The molecule has 3 rings (SSSR count). The van der Waals surface area contributed by atoms with Crippen LogP contribution < -0.4 is 0 Å². The van der Waals surface area contributed by atoms with E-state index >= 15 is 0 Å². The molecule has 1 aromatic carbocycles. The van der Waals surface area contributed by atoms with Gasteiger partial charge in [0.25, 0.3) is 0 Å². The van der Waals surface area contributed by atoms with E-state index in [0.717, 1.165) is 11.3 Å². The number of nitrogens with one attached hydrogen (secondary N) is 1. The Labute approximate surface area is 97.9 Å². The van der Waals surface area contributed by atoms with E-state index in [2.05, 4.69) is 21.0 Å². The van der Waals surface area contributed by atoms with Crippen molar-refractivity contribution in [2.45, 2.75) is 0 Å². The highest BCUT2D eigenvalue weighted by Crippen LogP contribution is 2.24. The minimum Gasteiger partial charge on any atom is -0.356 e. The summed E-state index contributed by atoms with van der Waals surface area (Å²) in [6, 6.07) is 11.9. The van der Waals surface area contributed by atoms with Crippen LogP contribution in [0.3, 0.4) is 0 Å². The third kappa shape index (κ3) is 1.54. The van der Waals surface area contributed by atoms with Crippen LogP contribution in [-0.2, 0) is 0 Å². The number of rotatable bonds is 1.